The predicted molar refractivity (Wildman–Crippen MR) is 89.3 cm³/mol. The van der Waals surface area contributed by atoms with E-state index in [2.05, 4.69) is 10.6 Å². The van der Waals surface area contributed by atoms with Gasteiger partial charge >= 0.3 is 0 Å². The molecule has 0 aliphatic heterocycles. The Labute approximate surface area is 135 Å². The van der Waals surface area contributed by atoms with Crippen molar-refractivity contribution in [2.24, 2.45) is 0 Å². The molecule has 0 radical (unpaired) electrons. The summed E-state index contributed by atoms with van der Waals surface area (Å²) in [5.41, 5.74) is 2.07. The van der Waals surface area contributed by atoms with E-state index < -0.39 is 0 Å². The molecule has 1 aliphatic rings. The fraction of sp³-hybridized carbons (Fsp3) is 0.263. The Morgan fingerprint density at radius 1 is 0.957 bits per heavy atom. The molecule has 0 heterocycles. The topological polar surface area (TPSA) is 58.2 Å². The summed E-state index contributed by atoms with van der Waals surface area (Å²) < 4.78 is 0. The molecule has 23 heavy (non-hydrogen) atoms. The highest BCUT2D eigenvalue weighted by atomic mass is 16.2. The standard InChI is InChI=1S/C19H20N2O2/c1-13(14-6-3-2-4-7-14)20-18(22)15-8-5-9-16(12-15)19(23)21-17-10-11-17/h2-9,12-13,17H,10-11H2,1H3,(H,20,22)(H,21,23). The van der Waals surface area contributed by atoms with E-state index in [1.54, 1.807) is 24.3 Å². The molecule has 3 rings (SSSR count). The Bertz CT molecular complexity index is 708. The van der Waals surface area contributed by atoms with Gasteiger partial charge in [0.15, 0.2) is 0 Å². The Morgan fingerprint density at radius 3 is 2.26 bits per heavy atom. The first-order valence-corrected chi connectivity index (χ1v) is 7.90. The van der Waals surface area contributed by atoms with E-state index in [1.807, 2.05) is 37.3 Å². The van der Waals surface area contributed by atoms with Crippen molar-refractivity contribution < 1.29 is 9.59 Å². The SMILES string of the molecule is CC(NC(=O)c1cccc(C(=O)NC2CC2)c1)c1ccccc1. The van der Waals surface area contributed by atoms with Crippen LogP contribution in [0.5, 0.6) is 0 Å². The van der Waals surface area contributed by atoms with Gasteiger partial charge in [0.25, 0.3) is 11.8 Å². The molecule has 118 valence electrons. The van der Waals surface area contributed by atoms with Crippen molar-refractivity contribution in [3.05, 3.63) is 71.3 Å². The van der Waals surface area contributed by atoms with E-state index in [0.717, 1.165) is 18.4 Å². The monoisotopic (exact) mass is 308 g/mol. The third kappa shape index (κ3) is 3.97. The van der Waals surface area contributed by atoms with Crippen molar-refractivity contribution in [2.75, 3.05) is 0 Å². The number of benzene rings is 2. The van der Waals surface area contributed by atoms with Gasteiger partial charge < -0.3 is 10.6 Å². The van der Waals surface area contributed by atoms with Crippen molar-refractivity contribution >= 4 is 11.8 Å². The number of hydrogen-bond donors (Lipinski definition) is 2. The van der Waals surface area contributed by atoms with Crippen LogP contribution in [-0.4, -0.2) is 17.9 Å². The highest BCUT2D eigenvalue weighted by Gasteiger charge is 2.24. The second-order valence-corrected chi connectivity index (χ2v) is 5.93. The van der Waals surface area contributed by atoms with Gasteiger partial charge in [-0.3, -0.25) is 9.59 Å². The van der Waals surface area contributed by atoms with Crippen LogP contribution < -0.4 is 10.6 Å². The molecule has 2 amide bonds. The molecule has 2 aromatic carbocycles. The zero-order valence-electron chi connectivity index (χ0n) is 13.1. The normalized spacial score (nSPS) is 14.8. The Hall–Kier alpha value is -2.62. The van der Waals surface area contributed by atoms with Crippen LogP contribution in [-0.2, 0) is 0 Å². The lowest BCUT2D eigenvalue weighted by atomic mass is 10.1. The Morgan fingerprint density at radius 2 is 1.61 bits per heavy atom. The van der Waals surface area contributed by atoms with Crippen LogP contribution in [0.4, 0.5) is 0 Å². The van der Waals surface area contributed by atoms with Crippen LogP contribution in [0.15, 0.2) is 54.6 Å². The van der Waals surface area contributed by atoms with Crippen LogP contribution >= 0.6 is 0 Å². The van der Waals surface area contributed by atoms with Gasteiger partial charge in [-0.15, -0.1) is 0 Å². The average molecular weight is 308 g/mol. The second-order valence-electron chi connectivity index (χ2n) is 5.93. The van der Waals surface area contributed by atoms with Gasteiger partial charge in [-0.2, -0.15) is 0 Å². The highest BCUT2D eigenvalue weighted by molar-refractivity contribution is 5.99. The van der Waals surface area contributed by atoms with Crippen molar-refractivity contribution in [1.82, 2.24) is 10.6 Å². The lowest BCUT2D eigenvalue weighted by Gasteiger charge is -2.14. The van der Waals surface area contributed by atoms with E-state index in [0.29, 0.717) is 17.2 Å². The number of carbonyl (C=O) groups is 2. The zero-order valence-corrected chi connectivity index (χ0v) is 13.1. The molecule has 4 nitrogen and oxygen atoms in total. The maximum absolute atomic E-state index is 12.4. The van der Waals surface area contributed by atoms with Crippen molar-refractivity contribution in [2.45, 2.75) is 31.8 Å². The number of rotatable bonds is 5. The Balaban J connectivity index is 1.68. The predicted octanol–water partition coefficient (Wildman–Crippen LogP) is 3.07. The van der Waals surface area contributed by atoms with Crippen LogP contribution in [0.25, 0.3) is 0 Å². The van der Waals surface area contributed by atoms with Gasteiger partial charge in [0, 0.05) is 17.2 Å². The van der Waals surface area contributed by atoms with E-state index in [1.165, 1.54) is 0 Å². The molecule has 0 spiro atoms. The van der Waals surface area contributed by atoms with E-state index in [4.69, 9.17) is 0 Å². The summed E-state index contributed by atoms with van der Waals surface area (Å²) in [5.74, 6) is -0.291. The smallest absolute Gasteiger partial charge is 0.251 e. The van der Waals surface area contributed by atoms with Crippen LogP contribution in [0.2, 0.25) is 0 Å². The van der Waals surface area contributed by atoms with Crippen molar-refractivity contribution in [3.63, 3.8) is 0 Å². The van der Waals surface area contributed by atoms with E-state index in [-0.39, 0.29) is 17.9 Å². The highest BCUT2D eigenvalue weighted by Crippen LogP contribution is 2.19. The van der Waals surface area contributed by atoms with Gasteiger partial charge in [-0.1, -0.05) is 36.4 Å². The van der Waals surface area contributed by atoms with Gasteiger partial charge in [-0.25, -0.2) is 0 Å². The molecular weight excluding hydrogens is 288 g/mol. The third-order valence-corrected chi connectivity index (χ3v) is 3.95. The Kier molecular flexibility index (Phi) is 4.42. The summed E-state index contributed by atoms with van der Waals surface area (Å²) in [6, 6.07) is 16.8. The minimum Gasteiger partial charge on any atom is -0.349 e. The molecule has 2 aromatic rings. The molecule has 0 bridgehead atoms. The second kappa shape index (κ2) is 6.65. The maximum Gasteiger partial charge on any atom is 0.251 e. The van der Waals surface area contributed by atoms with Gasteiger partial charge in [0.2, 0.25) is 0 Å². The fourth-order valence-electron chi connectivity index (χ4n) is 2.40. The number of hydrogen-bond acceptors (Lipinski definition) is 2. The summed E-state index contributed by atoms with van der Waals surface area (Å²) in [6.45, 7) is 1.94. The summed E-state index contributed by atoms with van der Waals surface area (Å²) in [5, 5.41) is 5.89. The van der Waals surface area contributed by atoms with Gasteiger partial charge in [0.1, 0.15) is 0 Å². The number of amides is 2. The summed E-state index contributed by atoms with van der Waals surface area (Å²) in [6.07, 6.45) is 2.08. The first-order chi connectivity index (χ1) is 11.1. The van der Waals surface area contributed by atoms with Crippen molar-refractivity contribution in [1.29, 1.82) is 0 Å². The van der Waals surface area contributed by atoms with Crippen LogP contribution in [0.3, 0.4) is 0 Å². The quantitative estimate of drug-likeness (QED) is 0.892. The van der Waals surface area contributed by atoms with E-state index in [9.17, 15) is 9.59 Å². The fourth-order valence-corrected chi connectivity index (χ4v) is 2.40. The van der Waals surface area contributed by atoms with E-state index >= 15 is 0 Å². The average Bonchev–Trinajstić information content (AvgIpc) is 3.39. The van der Waals surface area contributed by atoms with Crippen molar-refractivity contribution in [3.8, 4) is 0 Å². The van der Waals surface area contributed by atoms with Gasteiger partial charge in [0.05, 0.1) is 6.04 Å². The minimum absolute atomic E-state index is 0.0901. The van der Waals surface area contributed by atoms with Crippen LogP contribution in [0, 0.1) is 0 Å². The lowest BCUT2D eigenvalue weighted by molar-refractivity contribution is 0.0940. The molecule has 1 aliphatic carbocycles. The molecule has 1 fully saturated rings. The molecule has 1 unspecified atom stereocenters. The maximum atomic E-state index is 12.4. The third-order valence-electron chi connectivity index (χ3n) is 3.95. The largest absolute Gasteiger partial charge is 0.349 e. The molecule has 2 N–H and O–H groups in total. The molecular formula is C19H20N2O2. The molecule has 4 heteroatoms. The number of nitrogens with one attached hydrogen (secondary N) is 2. The van der Waals surface area contributed by atoms with Crippen LogP contribution in [0.1, 0.15) is 52.1 Å². The van der Waals surface area contributed by atoms with Gasteiger partial charge in [-0.05, 0) is 43.5 Å². The molecule has 0 aromatic heterocycles. The molecule has 0 saturated heterocycles. The summed E-state index contributed by atoms with van der Waals surface area (Å²) in [7, 11) is 0. The summed E-state index contributed by atoms with van der Waals surface area (Å²) >= 11 is 0. The zero-order chi connectivity index (χ0) is 16.2. The minimum atomic E-state index is -0.178. The molecule has 1 atom stereocenters. The summed E-state index contributed by atoms with van der Waals surface area (Å²) in [4.78, 5) is 24.5. The molecule has 1 saturated carbocycles. The number of carbonyl (C=O) groups excluding carboxylic acids is 2. The lowest BCUT2D eigenvalue weighted by Crippen LogP contribution is -2.28. The first-order valence-electron chi connectivity index (χ1n) is 7.90. The first kappa shape index (κ1) is 15.3.